The minimum atomic E-state index is -0.514. The normalized spacial score (nSPS) is 20.6. The molecular formula is C25H27N3O4S. The number of likely N-dealkylation sites (tertiary alicyclic amines) is 1. The van der Waals surface area contributed by atoms with Crippen LogP contribution in [-0.2, 0) is 9.53 Å². The fourth-order valence-electron chi connectivity index (χ4n) is 4.87. The van der Waals surface area contributed by atoms with Gasteiger partial charge >= 0.3 is 5.97 Å². The summed E-state index contributed by atoms with van der Waals surface area (Å²) in [6, 6.07) is 11.1. The van der Waals surface area contributed by atoms with Gasteiger partial charge in [-0.25, -0.2) is 4.79 Å². The maximum atomic E-state index is 13.1. The lowest BCUT2D eigenvalue weighted by Gasteiger charge is -2.33. The summed E-state index contributed by atoms with van der Waals surface area (Å²) in [5, 5.41) is 0. The van der Waals surface area contributed by atoms with E-state index in [1.807, 2.05) is 41.0 Å². The third kappa shape index (κ3) is 4.36. The summed E-state index contributed by atoms with van der Waals surface area (Å²) in [4.78, 5) is 46.6. The van der Waals surface area contributed by atoms with Crippen LogP contribution in [-0.4, -0.2) is 63.8 Å². The van der Waals surface area contributed by atoms with Gasteiger partial charge in [0.2, 0.25) is 5.91 Å². The molecule has 4 heterocycles. The smallest absolute Gasteiger partial charge is 0.339 e. The Morgan fingerprint density at radius 2 is 1.88 bits per heavy atom. The monoisotopic (exact) mass is 465 g/mol. The fourth-order valence-corrected chi connectivity index (χ4v) is 5.82. The van der Waals surface area contributed by atoms with Gasteiger partial charge < -0.3 is 14.5 Å². The summed E-state index contributed by atoms with van der Waals surface area (Å²) < 4.78 is 5.45. The van der Waals surface area contributed by atoms with Gasteiger partial charge in [0.25, 0.3) is 5.91 Å². The molecule has 0 aliphatic carbocycles. The predicted octanol–water partition coefficient (Wildman–Crippen LogP) is 3.54. The molecule has 0 radical (unpaired) electrons. The Morgan fingerprint density at radius 1 is 1.09 bits per heavy atom. The number of hydrogen-bond donors (Lipinski definition) is 0. The molecule has 7 nitrogen and oxygen atoms in total. The van der Waals surface area contributed by atoms with Crippen molar-refractivity contribution in [1.29, 1.82) is 0 Å². The van der Waals surface area contributed by atoms with Crippen molar-refractivity contribution in [3.05, 3.63) is 64.5 Å². The second-order valence-electron chi connectivity index (χ2n) is 8.83. The Hall–Kier alpha value is -2.87. The minimum absolute atomic E-state index is 0.00875. The van der Waals surface area contributed by atoms with Gasteiger partial charge in [-0.3, -0.25) is 14.6 Å². The Kier molecular flexibility index (Phi) is 6.10. The number of nitrogens with zero attached hydrogens (tertiary/aromatic N) is 3. The number of esters is 1. The molecule has 172 valence electrons. The SMILES string of the molecule is Cc1ccc(C(=O)N2CCSC2)c(C2CCN(C(=O)CC3OC(=O)c4ccccc43)CC2)n1. The zero-order chi connectivity index (χ0) is 22.9. The van der Waals surface area contributed by atoms with Crippen molar-refractivity contribution in [2.45, 2.75) is 38.2 Å². The van der Waals surface area contributed by atoms with Gasteiger partial charge in [0, 0.05) is 42.6 Å². The molecule has 0 saturated carbocycles. The third-order valence-electron chi connectivity index (χ3n) is 6.71. The molecule has 2 saturated heterocycles. The first-order chi connectivity index (χ1) is 16.0. The van der Waals surface area contributed by atoms with E-state index in [9.17, 15) is 14.4 Å². The maximum absolute atomic E-state index is 13.1. The number of aromatic nitrogens is 1. The molecule has 3 aliphatic rings. The Bertz CT molecular complexity index is 1090. The predicted molar refractivity (Wildman–Crippen MR) is 125 cm³/mol. The van der Waals surface area contributed by atoms with Crippen LogP contribution >= 0.6 is 11.8 Å². The van der Waals surface area contributed by atoms with E-state index in [2.05, 4.69) is 0 Å². The van der Waals surface area contributed by atoms with E-state index in [0.29, 0.717) is 24.2 Å². The van der Waals surface area contributed by atoms with Crippen LogP contribution in [0.2, 0.25) is 0 Å². The number of thioether (sulfide) groups is 1. The van der Waals surface area contributed by atoms with Crippen molar-refractivity contribution in [3.8, 4) is 0 Å². The number of fused-ring (bicyclic) bond motifs is 1. The van der Waals surface area contributed by atoms with Crippen molar-refractivity contribution in [2.24, 2.45) is 0 Å². The van der Waals surface area contributed by atoms with E-state index >= 15 is 0 Å². The Balaban J connectivity index is 1.24. The molecule has 1 aromatic heterocycles. The molecule has 1 atom stereocenters. The first-order valence-corrected chi connectivity index (χ1v) is 12.6. The van der Waals surface area contributed by atoms with E-state index in [1.165, 1.54) is 0 Å². The fraction of sp³-hybridized carbons (Fsp3) is 0.440. The molecule has 1 aromatic carbocycles. The number of ether oxygens (including phenoxy) is 1. The van der Waals surface area contributed by atoms with Crippen LogP contribution in [0.4, 0.5) is 0 Å². The lowest BCUT2D eigenvalue weighted by Crippen LogP contribution is -2.39. The summed E-state index contributed by atoms with van der Waals surface area (Å²) in [7, 11) is 0. The molecule has 0 spiro atoms. The van der Waals surface area contributed by atoms with Crippen LogP contribution in [0.3, 0.4) is 0 Å². The van der Waals surface area contributed by atoms with Gasteiger partial charge in [-0.15, -0.1) is 11.8 Å². The highest BCUT2D eigenvalue weighted by Gasteiger charge is 2.35. The second-order valence-corrected chi connectivity index (χ2v) is 9.91. The van der Waals surface area contributed by atoms with Crippen molar-refractivity contribution >= 4 is 29.5 Å². The summed E-state index contributed by atoms with van der Waals surface area (Å²) in [5.41, 5.74) is 3.80. The lowest BCUT2D eigenvalue weighted by molar-refractivity contribution is -0.134. The largest absolute Gasteiger partial charge is 0.453 e. The number of hydrogen-bond acceptors (Lipinski definition) is 6. The highest BCUT2D eigenvalue weighted by atomic mass is 32.2. The number of aryl methyl sites for hydroxylation is 1. The van der Waals surface area contributed by atoms with Gasteiger partial charge in [-0.1, -0.05) is 18.2 Å². The van der Waals surface area contributed by atoms with Crippen molar-refractivity contribution in [1.82, 2.24) is 14.8 Å². The van der Waals surface area contributed by atoms with E-state index in [4.69, 9.17) is 9.72 Å². The average molecular weight is 466 g/mol. The molecule has 5 rings (SSSR count). The van der Waals surface area contributed by atoms with Gasteiger partial charge in [-0.05, 0) is 38.0 Å². The topological polar surface area (TPSA) is 79.8 Å². The number of carbonyl (C=O) groups excluding carboxylic acids is 3. The molecule has 1 unspecified atom stereocenters. The van der Waals surface area contributed by atoms with E-state index in [-0.39, 0.29) is 30.1 Å². The number of piperidine rings is 1. The summed E-state index contributed by atoms with van der Waals surface area (Å²) in [6.45, 7) is 3.94. The molecule has 33 heavy (non-hydrogen) atoms. The summed E-state index contributed by atoms with van der Waals surface area (Å²) >= 11 is 1.77. The number of amides is 2. The van der Waals surface area contributed by atoms with E-state index < -0.39 is 6.10 Å². The molecule has 2 fully saturated rings. The number of pyridine rings is 1. The zero-order valence-electron chi connectivity index (χ0n) is 18.7. The molecular weight excluding hydrogens is 438 g/mol. The molecule has 0 bridgehead atoms. The van der Waals surface area contributed by atoms with Crippen LogP contribution in [0, 0.1) is 6.92 Å². The van der Waals surface area contributed by atoms with Crippen molar-refractivity contribution < 1.29 is 19.1 Å². The number of benzene rings is 1. The van der Waals surface area contributed by atoms with Gasteiger partial charge in [0.15, 0.2) is 0 Å². The van der Waals surface area contributed by atoms with Crippen LogP contribution in [0.5, 0.6) is 0 Å². The van der Waals surface area contributed by atoms with Crippen molar-refractivity contribution in [2.75, 3.05) is 31.3 Å². The van der Waals surface area contributed by atoms with Crippen LogP contribution in [0.15, 0.2) is 36.4 Å². The zero-order valence-corrected chi connectivity index (χ0v) is 19.5. The highest BCUT2D eigenvalue weighted by molar-refractivity contribution is 7.99. The second kappa shape index (κ2) is 9.17. The van der Waals surface area contributed by atoms with Crippen LogP contribution < -0.4 is 0 Å². The first kappa shape index (κ1) is 21.9. The van der Waals surface area contributed by atoms with Crippen LogP contribution in [0.1, 0.15) is 69.0 Å². The molecule has 2 amide bonds. The lowest BCUT2D eigenvalue weighted by atomic mass is 9.89. The van der Waals surface area contributed by atoms with Gasteiger partial charge in [0.05, 0.1) is 29.1 Å². The first-order valence-electron chi connectivity index (χ1n) is 11.4. The van der Waals surface area contributed by atoms with Crippen LogP contribution in [0.25, 0.3) is 0 Å². The quantitative estimate of drug-likeness (QED) is 0.643. The summed E-state index contributed by atoms with van der Waals surface area (Å²) in [5.74, 6) is 1.54. The molecule has 3 aliphatic heterocycles. The minimum Gasteiger partial charge on any atom is -0.453 e. The standard InChI is InChI=1S/C25H27N3O4S/c1-16-6-7-20(24(30)28-12-13-33-15-28)23(26-16)17-8-10-27(11-9-17)22(29)14-21-18-4-2-3-5-19(18)25(31)32-21/h2-7,17,21H,8-15H2,1H3. The summed E-state index contributed by atoms with van der Waals surface area (Å²) in [6.07, 6.45) is 1.17. The van der Waals surface area contributed by atoms with Gasteiger partial charge in [0.1, 0.15) is 6.10 Å². The molecule has 0 N–H and O–H groups in total. The maximum Gasteiger partial charge on any atom is 0.339 e. The molecule has 2 aromatic rings. The Morgan fingerprint density at radius 3 is 2.64 bits per heavy atom. The van der Waals surface area contributed by atoms with Gasteiger partial charge in [-0.2, -0.15) is 0 Å². The number of carbonyl (C=O) groups is 3. The van der Waals surface area contributed by atoms with E-state index in [1.54, 1.807) is 23.9 Å². The molecule has 8 heteroatoms. The number of cyclic esters (lactones) is 1. The van der Waals surface area contributed by atoms with E-state index in [0.717, 1.165) is 48.0 Å². The average Bonchev–Trinajstić information content (AvgIpc) is 3.48. The van der Waals surface area contributed by atoms with Crippen molar-refractivity contribution in [3.63, 3.8) is 0 Å². The third-order valence-corrected chi connectivity index (χ3v) is 7.67. The highest BCUT2D eigenvalue weighted by Crippen LogP contribution is 2.35. The Labute approximate surface area is 197 Å². The number of rotatable bonds is 4.